The van der Waals surface area contributed by atoms with Crippen molar-refractivity contribution in [1.29, 1.82) is 0 Å². The van der Waals surface area contributed by atoms with Crippen LogP contribution in [-0.2, 0) is 0 Å². The Hall–Kier alpha value is -3.77. The third-order valence-electron chi connectivity index (χ3n) is 7.21. The minimum atomic E-state index is -0.480. The SMILES string of the molecule is CCC1CN(CCOc2ccc([C@H]3Oc4ccc(O)cc4C(C)=C3c3cccc(C(N)=O)c3)cc2)C1. The number of phenolic OH excluding ortho intramolecular Hbond substituents is 1. The van der Waals surface area contributed by atoms with E-state index >= 15 is 0 Å². The molecule has 0 aromatic heterocycles. The van der Waals surface area contributed by atoms with E-state index in [0.717, 1.165) is 46.0 Å². The summed E-state index contributed by atoms with van der Waals surface area (Å²) in [5.41, 5.74) is 10.5. The van der Waals surface area contributed by atoms with Crippen LogP contribution in [0.4, 0.5) is 0 Å². The number of ether oxygens (including phenoxy) is 2. The number of primary amides is 1. The van der Waals surface area contributed by atoms with Crippen LogP contribution in [0.3, 0.4) is 0 Å². The van der Waals surface area contributed by atoms with E-state index in [-0.39, 0.29) is 5.75 Å². The van der Waals surface area contributed by atoms with Gasteiger partial charge in [-0.25, -0.2) is 0 Å². The standard InChI is InChI=1S/C30H32N2O4/c1-3-20-17-32(18-20)13-14-35-25-10-7-21(8-11-25)29-28(22-5-4-6-23(15-22)30(31)34)19(2)26-16-24(33)9-12-27(26)36-29/h4-12,15-16,20,29,33H,3,13-14,17-18H2,1-2H3,(H2,31,34)/t29-/m1/s1. The molecule has 0 saturated carbocycles. The molecule has 1 saturated heterocycles. The average Bonchev–Trinajstić information content (AvgIpc) is 2.86. The molecule has 3 N–H and O–H groups in total. The lowest BCUT2D eigenvalue weighted by atomic mass is 9.85. The summed E-state index contributed by atoms with van der Waals surface area (Å²) in [5, 5.41) is 10.1. The van der Waals surface area contributed by atoms with Crippen LogP contribution >= 0.6 is 0 Å². The molecule has 3 aromatic carbocycles. The highest BCUT2D eigenvalue weighted by Crippen LogP contribution is 2.47. The van der Waals surface area contributed by atoms with Crippen molar-refractivity contribution in [2.75, 3.05) is 26.2 Å². The van der Waals surface area contributed by atoms with Gasteiger partial charge in [0.1, 0.15) is 30.0 Å². The Morgan fingerprint density at radius 3 is 2.61 bits per heavy atom. The summed E-state index contributed by atoms with van der Waals surface area (Å²) in [7, 11) is 0. The molecular weight excluding hydrogens is 452 g/mol. The summed E-state index contributed by atoms with van der Waals surface area (Å²) in [6.07, 6.45) is 0.849. The van der Waals surface area contributed by atoms with Crippen LogP contribution in [0.25, 0.3) is 11.1 Å². The Bertz CT molecular complexity index is 1290. The molecule has 186 valence electrons. The lowest BCUT2D eigenvalue weighted by Crippen LogP contribution is -2.47. The van der Waals surface area contributed by atoms with Crippen LogP contribution in [0.5, 0.6) is 17.2 Å². The van der Waals surface area contributed by atoms with Crippen LogP contribution in [0.1, 0.15) is 53.4 Å². The van der Waals surface area contributed by atoms with Gasteiger partial charge in [-0.05, 0) is 72.0 Å². The first-order valence-corrected chi connectivity index (χ1v) is 12.5. The minimum absolute atomic E-state index is 0.172. The Morgan fingerprint density at radius 1 is 1.11 bits per heavy atom. The zero-order chi connectivity index (χ0) is 25.2. The van der Waals surface area contributed by atoms with E-state index in [9.17, 15) is 9.90 Å². The Balaban J connectivity index is 1.41. The number of carbonyl (C=O) groups excluding carboxylic acids is 1. The number of carbonyl (C=O) groups is 1. The first kappa shape index (κ1) is 23.9. The van der Waals surface area contributed by atoms with Gasteiger partial charge in [-0.1, -0.05) is 37.6 Å². The summed E-state index contributed by atoms with van der Waals surface area (Å²) in [4.78, 5) is 14.3. The third kappa shape index (κ3) is 4.82. The van der Waals surface area contributed by atoms with Crippen LogP contribution in [0, 0.1) is 5.92 Å². The van der Waals surface area contributed by atoms with Crippen molar-refractivity contribution in [3.8, 4) is 17.2 Å². The molecule has 36 heavy (non-hydrogen) atoms. The first-order valence-electron chi connectivity index (χ1n) is 12.5. The maximum Gasteiger partial charge on any atom is 0.248 e. The van der Waals surface area contributed by atoms with Gasteiger partial charge in [0, 0.05) is 36.3 Å². The maximum absolute atomic E-state index is 11.9. The van der Waals surface area contributed by atoms with Gasteiger partial charge in [-0.15, -0.1) is 0 Å². The van der Waals surface area contributed by atoms with Crippen molar-refractivity contribution >= 4 is 17.1 Å². The summed E-state index contributed by atoms with van der Waals surface area (Å²) in [6, 6.07) is 20.4. The van der Waals surface area contributed by atoms with Crippen LogP contribution < -0.4 is 15.2 Å². The predicted octanol–water partition coefficient (Wildman–Crippen LogP) is 5.28. The molecule has 0 aliphatic carbocycles. The Morgan fingerprint density at radius 2 is 1.89 bits per heavy atom. The van der Waals surface area contributed by atoms with E-state index in [2.05, 4.69) is 11.8 Å². The van der Waals surface area contributed by atoms with E-state index in [1.54, 1.807) is 30.3 Å². The second-order valence-corrected chi connectivity index (χ2v) is 9.61. The normalized spacial score (nSPS) is 17.8. The molecule has 2 aliphatic rings. The van der Waals surface area contributed by atoms with Gasteiger partial charge in [-0.2, -0.15) is 0 Å². The number of rotatable bonds is 8. The number of hydrogen-bond donors (Lipinski definition) is 2. The summed E-state index contributed by atoms with van der Waals surface area (Å²) in [6.45, 7) is 8.20. The van der Waals surface area contributed by atoms with Crippen LogP contribution in [0.15, 0.2) is 66.7 Å². The second-order valence-electron chi connectivity index (χ2n) is 9.61. The molecule has 1 amide bonds. The van der Waals surface area contributed by atoms with Crippen LogP contribution in [0.2, 0.25) is 0 Å². The van der Waals surface area contributed by atoms with E-state index in [1.165, 1.54) is 19.5 Å². The van der Waals surface area contributed by atoms with Crippen molar-refractivity contribution in [2.24, 2.45) is 11.7 Å². The number of fused-ring (bicyclic) bond motifs is 1. The highest BCUT2D eigenvalue weighted by Gasteiger charge is 2.30. The topological polar surface area (TPSA) is 85.0 Å². The van der Waals surface area contributed by atoms with Gasteiger partial charge < -0.3 is 20.3 Å². The van der Waals surface area contributed by atoms with Crippen molar-refractivity contribution in [3.63, 3.8) is 0 Å². The molecule has 2 heterocycles. The summed E-state index contributed by atoms with van der Waals surface area (Å²) in [5.74, 6) is 2.05. The Kier molecular flexibility index (Phi) is 6.70. The number of amides is 1. The molecule has 0 radical (unpaired) electrons. The number of hydrogen-bond acceptors (Lipinski definition) is 5. The minimum Gasteiger partial charge on any atom is -0.508 e. The van der Waals surface area contributed by atoms with E-state index < -0.39 is 12.0 Å². The fourth-order valence-corrected chi connectivity index (χ4v) is 5.03. The van der Waals surface area contributed by atoms with Gasteiger partial charge in [-0.3, -0.25) is 9.69 Å². The van der Waals surface area contributed by atoms with Gasteiger partial charge in [0.25, 0.3) is 0 Å². The van der Waals surface area contributed by atoms with E-state index in [1.807, 2.05) is 43.3 Å². The molecule has 0 unspecified atom stereocenters. The van der Waals surface area contributed by atoms with Gasteiger partial charge in [0.05, 0.1) is 0 Å². The monoisotopic (exact) mass is 484 g/mol. The molecule has 0 spiro atoms. The van der Waals surface area contributed by atoms with E-state index in [0.29, 0.717) is 17.9 Å². The van der Waals surface area contributed by atoms with Gasteiger partial charge in [0.2, 0.25) is 5.91 Å². The molecule has 2 aliphatic heterocycles. The molecule has 1 fully saturated rings. The number of benzene rings is 3. The third-order valence-corrected chi connectivity index (χ3v) is 7.21. The number of phenols is 1. The molecule has 6 heteroatoms. The predicted molar refractivity (Wildman–Crippen MR) is 141 cm³/mol. The quantitative estimate of drug-likeness (QED) is 0.455. The highest BCUT2D eigenvalue weighted by atomic mass is 16.5. The summed E-state index contributed by atoms with van der Waals surface area (Å²) >= 11 is 0. The second kappa shape index (κ2) is 10.1. The number of allylic oxidation sites excluding steroid dienone is 1. The molecule has 5 rings (SSSR count). The van der Waals surface area contributed by atoms with Crippen molar-refractivity contribution in [2.45, 2.75) is 26.4 Å². The number of nitrogens with zero attached hydrogens (tertiary/aromatic N) is 1. The fourth-order valence-electron chi connectivity index (χ4n) is 5.03. The van der Waals surface area contributed by atoms with Gasteiger partial charge in [0.15, 0.2) is 0 Å². The molecule has 1 atom stereocenters. The van der Waals surface area contributed by atoms with Crippen molar-refractivity contribution < 1.29 is 19.4 Å². The van der Waals surface area contributed by atoms with Crippen LogP contribution in [-0.4, -0.2) is 42.2 Å². The number of nitrogens with two attached hydrogens (primary N) is 1. The smallest absolute Gasteiger partial charge is 0.248 e. The zero-order valence-electron chi connectivity index (χ0n) is 20.7. The maximum atomic E-state index is 11.9. The zero-order valence-corrected chi connectivity index (χ0v) is 20.7. The lowest BCUT2D eigenvalue weighted by Gasteiger charge is -2.38. The largest absolute Gasteiger partial charge is 0.508 e. The Labute approximate surface area is 212 Å². The number of likely N-dealkylation sites (tertiary alicyclic amines) is 1. The van der Waals surface area contributed by atoms with E-state index in [4.69, 9.17) is 15.2 Å². The van der Waals surface area contributed by atoms with Crippen molar-refractivity contribution in [1.82, 2.24) is 4.90 Å². The fraction of sp³-hybridized carbons (Fsp3) is 0.300. The highest BCUT2D eigenvalue weighted by molar-refractivity contribution is 5.98. The van der Waals surface area contributed by atoms with Crippen molar-refractivity contribution in [3.05, 3.63) is 89.0 Å². The summed E-state index contributed by atoms with van der Waals surface area (Å²) < 4.78 is 12.5. The molecule has 6 nitrogen and oxygen atoms in total. The first-order chi connectivity index (χ1) is 17.4. The molecule has 0 bridgehead atoms. The molecular formula is C30H32N2O4. The number of aromatic hydroxyl groups is 1. The molecule has 3 aromatic rings. The van der Waals surface area contributed by atoms with Gasteiger partial charge >= 0.3 is 0 Å². The lowest BCUT2D eigenvalue weighted by molar-refractivity contribution is 0.0806. The average molecular weight is 485 g/mol.